The van der Waals surface area contributed by atoms with E-state index in [1.165, 1.54) is 44.9 Å². The number of halogens is 5. The van der Waals surface area contributed by atoms with E-state index in [9.17, 15) is 22.0 Å². The van der Waals surface area contributed by atoms with Crippen molar-refractivity contribution in [3.05, 3.63) is 41.5 Å². The number of ether oxygens (including phenoxy) is 1. The van der Waals surface area contributed by atoms with Crippen molar-refractivity contribution in [1.82, 2.24) is 0 Å². The Hall–Kier alpha value is -1.59. The predicted octanol–water partition coefficient (Wildman–Crippen LogP) is 8.69. The summed E-state index contributed by atoms with van der Waals surface area (Å²) in [5, 5.41) is 0. The van der Waals surface area contributed by atoms with Gasteiger partial charge in [0, 0.05) is 0 Å². The lowest BCUT2D eigenvalue weighted by molar-refractivity contribution is -0.276. The molecule has 0 amide bonds. The molecule has 6 heteroatoms. The van der Waals surface area contributed by atoms with Crippen LogP contribution in [0.4, 0.5) is 22.0 Å². The van der Waals surface area contributed by atoms with Crippen molar-refractivity contribution in [2.45, 2.75) is 89.8 Å². The zero-order chi connectivity index (χ0) is 22.4. The molecule has 0 unspecified atom stereocenters. The molecule has 2 fully saturated rings. The van der Waals surface area contributed by atoms with E-state index in [0.29, 0.717) is 11.5 Å². The molecule has 0 spiro atoms. The fourth-order valence-electron chi connectivity index (χ4n) is 5.59. The highest BCUT2D eigenvalue weighted by atomic mass is 19.4. The maximum atomic E-state index is 14.1. The second-order valence-corrected chi connectivity index (χ2v) is 9.25. The predicted molar refractivity (Wildman–Crippen MR) is 112 cm³/mol. The van der Waals surface area contributed by atoms with Crippen molar-refractivity contribution < 1.29 is 26.7 Å². The lowest BCUT2D eigenvalue weighted by Crippen LogP contribution is -2.25. The Morgan fingerprint density at radius 3 is 1.97 bits per heavy atom. The molecule has 0 heterocycles. The highest BCUT2D eigenvalue weighted by molar-refractivity contribution is 5.33. The van der Waals surface area contributed by atoms with Gasteiger partial charge in [-0.25, -0.2) is 8.78 Å². The summed E-state index contributed by atoms with van der Waals surface area (Å²) in [6.45, 7) is 2.06. The van der Waals surface area contributed by atoms with Gasteiger partial charge in [-0.2, -0.15) is 0 Å². The fourth-order valence-corrected chi connectivity index (χ4v) is 5.59. The van der Waals surface area contributed by atoms with Crippen molar-refractivity contribution in [2.75, 3.05) is 0 Å². The standard InChI is InChI=1S/C25H33F5O/c1-2-3-4-5-6-17-7-9-18(10-8-17)19-11-13-20(14-12-19)21-15-22(26)24(23(27)16-21)31-25(28,29)30/h2-3,15-20H,4-14H2,1H3/b3-2+. The van der Waals surface area contributed by atoms with Crippen LogP contribution in [-0.2, 0) is 0 Å². The molecule has 0 bridgehead atoms. The van der Waals surface area contributed by atoms with Gasteiger partial charge in [0.25, 0.3) is 0 Å². The minimum absolute atomic E-state index is 0.0110. The van der Waals surface area contributed by atoms with Gasteiger partial charge < -0.3 is 4.74 Å². The summed E-state index contributed by atoms with van der Waals surface area (Å²) >= 11 is 0. The Kier molecular flexibility index (Phi) is 8.40. The first kappa shape index (κ1) is 24.1. The van der Waals surface area contributed by atoms with Crippen LogP contribution in [-0.4, -0.2) is 6.36 Å². The summed E-state index contributed by atoms with van der Waals surface area (Å²) < 4.78 is 68.6. The molecule has 2 saturated carbocycles. The third-order valence-electron chi connectivity index (χ3n) is 7.26. The Morgan fingerprint density at radius 2 is 1.45 bits per heavy atom. The van der Waals surface area contributed by atoms with Crippen molar-refractivity contribution in [2.24, 2.45) is 17.8 Å². The number of hydrogen-bond donors (Lipinski definition) is 0. The molecule has 0 atom stereocenters. The Morgan fingerprint density at radius 1 is 0.903 bits per heavy atom. The third-order valence-corrected chi connectivity index (χ3v) is 7.26. The summed E-state index contributed by atoms with van der Waals surface area (Å²) in [5.41, 5.74) is 0.438. The molecule has 2 aliphatic rings. The number of allylic oxidation sites excluding steroid dienone is 2. The Balaban J connectivity index is 1.48. The molecule has 3 rings (SSSR count). The van der Waals surface area contributed by atoms with Crippen LogP contribution < -0.4 is 4.74 Å². The second kappa shape index (κ2) is 10.8. The van der Waals surface area contributed by atoms with Gasteiger partial charge in [-0.1, -0.05) is 31.4 Å². The van der Waals surface area contributed by atoms with Crippen LogP contribution >= 0.6 is 0 Å². The fraction of sp³-hybridized carbons (Fsp3) is 0.680. The minimum Gasteiger partial charge on any atom is -0.399 e. The van der Waals surface area contributed by atoms with Gasteiger partial charge in [-0.3, -0.25) is 0 Å². The normalized spacial score (nSPS) is 27.5. The lowest BCUT2D eigenvalue weighted by atomic mass is 9.68. The van der Waals surface area contributed by atoms with E-state index in [-0.39, 0.29) is 5.92 Å². The van der Waals surface area contributed by atoms with Crippen molar-refractivity contribution in [3.8, 4) is 5.75 Å². The summed E-state index contributed by atoms with van der Waals surface area (Å²) in [5.74, 6) is -1.72. The molecule has 174 valence electrons. The molecule has 1 aromatic carbocycles. The Bertz CT molecular complexity index is 703. The summed E-state index contributed by atoms with van der Waals surface area (Å²) in [6, 6.07) is 2.02. The van der Waals surface area contributed by atoms with Crippen LogP contribution in [0.1, 0.15) is 89.0 Å². The largest absolute Gasteiger partial charge is 0.573 e. The van der Waals surface area contributed by atoms with Crippen LogP contribution in [0.2, 0.25) is 0 Å². The highest BCUT2D eigenvalue weighted by Crippen LogP contribution is 2.45. The van der Waals surface area contributed by atoms with Crippen LogP contribution in [0.15, 0.2) is 24.3 Å². The quantitative estimate of drug-likeness (QED) is 0.232. The molecule has 0 saturated heterocycles. The summed E-state index contributed by atoms with van der Waals surface area (Å²) in [6.07, 6.45) is 11.8. The first-order valence-corrected chi connectivity index (χ1v) is 11.6. The molecule has 2 aliphatic carbocycles. The topological polar surface area (TPSA) is 9.23 Å². The minimum atomic E-state index is -5.12. The van der Waals surface area contributed by atoms with Crippen molar-refractivity contribution in [1.29, 1.82) is 0 Å². The zero-order valence-corrected chi connectivity index (χ0v) is 18.2. The number of hydrogen-bond acceptors (Lipinski definition) is 1. The number of unbranched alkanes of at least 4 members (excludes halogenated alkanes) is 1. The third kappa shape index (κ3) is 6.95. The average Bonchev–Trinajstić information content (AvgIpc) is 2.74. The van der Waals surface area contributed by atoms with E-state index in [1.807, 2.05) is 0 Å². The van der Waals surface area contributed by atoms with E-state index >= 15 is 0 Å². The smallest absolute Gasteiger partial charge is 0.399 e. The molecule has 0 N–H and O–H groups in total. The average molecular weight is 445 g/mol. The van der Waals surface area contributed by atoms with Gasteiger partial charge in [0.2, 0.25) is 5.75 Å². The van der Waals surface area contributed by atoms with Crippen LogP contribution in [0.25, 0.3) is 0 Å². The second-order valence-electron chi connectivity index (χ2n) is 9.25. The van der Waals surface area contributed by atoms with E-state index in [1.54, 1.807) is 0 Å². The van der Waals surface area contributed by atoms with Gasteiger partial charge in [0.05, 0.1) is 0 Å². The van der Waals surface area contributed by atoms with Gasteiger partial charge in [0.15, 0.2) is 11.6 Å². The molecule has 0 aromatic heterocycles. The van der Waals surface area contributed by atoms with Crippen molar-refractivity contribution in [3.63, 3.8) is 0 Å². The summed E-state index contributed by atoms with van der Waals surface area (Å²) in [4.78, 5) is 0. The molecular formula is C25H33F5O. The molecule has 0 aliphatic heterocycles. The molecule has 1 aromatic rings. The Labute approximate surface area is 182 Å². The zero-order valence-electron chi connectivity index (χ0n) is 18.2. The van der Waals surface area contributed by atoms with Crippen LogP contribution in [0, 0.1) is 29.4 Å². The molecule has 31 heavy (non-hydrogen) atoms. The number of rotatable bonds is 7. The van der Waals surface area contributed by atoms with Gasteiger partial charge in [0.1, 0.15) is 0 Å². The van der Waals surface area contributed by atoms with E-state index in [4.69, 9.17) is 0 Å². The SMILES string of the molecule is C/C=C/CCCC1CCC(C2CCC(c3cc(F)c(OC(F)(F)F)c(F)c3)CC2)CC1. The number of alkyl halides is 3. The van der Waals surface area contributed by atoms with Gasteiger partial charge >= 0.3 is 6.36 Å². The van der Waals surface area contributed by atoms with Crippen molar-refractivity contribution >= 4 is 0 Å². The summed E-state index contributed by atoms with van der Waals surface area (Å²) in [7, 11) is 0. The van der Waals surface area contributed by atoms with E-state index in [2.05, 4.69) is 23.8 Å². The maximum Gasteiger partial charge on any atom is 0.573 e. The van der Waals surface area contributed by atoms with E-state index < -0.39 is 23.7 Å². The van der Waals surface area contributed by atoms with Crippen LogP contribution in [0.5, 0.6) is 5.75 Å². The van der Waals surface area contributed by atoms with Gasteiger partial charge in [-0.15, -0.1) is 13.2 Å². The number of benzene rings is 1. The van der Waals surface area contributed by atoms with E-state index in [0.717, 1.165) is 49.7 Å². The molecule has 0 radical (unpaired) electrons. The van der Waals surface area contributed by atoms with Gasteiger partial charge in [-0.05, 0) is 99.7 Å². The molecular weight excluding hydrogens is 411 g/mol. The van der Waals surface area contributed by atoms with Crippen LogP contribution in [0.3, 0.4) is 0 Å². The maximum absolute atomic E-state index is 14.1. The molecule has 1 nitrogen and oxygen atoms in total. The lowest BCUT2D eigenvalue weighted by Gasteiger charge is -2.38. The monoisotopic (exact) mass is 444 g/mol. The first-order valence-electron chi connectivity index (χ1n) is 11.6. The highest BCUT2D eigenvalue weighted by Gasteiger charge is 2.35. The first-order chi connectivity index (χ1) is 14.8.